The average Bonchev–Trinajstić information content (AvgIpc) is 2.39. The fourth-order valence-corrected chi connectivity index (χ4v) is 2.48. The second-order valence-corrected chi connectivity index (χ2v) is 4.43. The van der Waals surface area contributed by atoms with Crippen molar-refractivity contribution in [2.24, 2.45) is 5.73 Å². The van der Waals surface area contributed by atoms with Crippen molar-refractivity contribution in [3.63, 3.8) is 0 Å². The highest BCUT2D eigenvalue weighted by Gasteiger charge is 2.26. The summed E-state index contributed by atoms with van der Waals surface area (Å²) in [5.74, 6) is 0. The van der Waals surface area contributed by atoms with Crippen LogP contribution in [0.1, 0.15) is 37.9 Å². The van der Waals surface area contributed by atoms with E-state index in [1.807, 2.05) is 6.20 Å². The van der Waals surface area contributed by atoms with E-state index in [1.165, 1.54) is 19.3 Å². The van der Waals surface area contributed by atoms with Gasteiger partial charge in [-0.1, -0.05) is 6.42 Å². The Morgan fingerprint density at radius 3 is 3.06 bits per heavy atom. The van der Waals surface area contributed by atoms with Gasteiger partial charge in [0.15, 0.2) is 0 Å². The number of aromatic nitrogens is 2. The van der Waals surface area contributed by atoms with Gasteiger partial charge in [0.25, 0.3) is 0 Å². The molecule has 88 valence electrons. The summed E-state index contributed by atoms with van der Waals surface area (Å²) in [7, 11) is 0. The van der Waals surface area contributed by atoms with Crippen LogP contribution in [0.3, 0.4) is 0 Å². The van der Waals surface area contributed by atoms with E-state index in [9.17, 15) is 0 Å². The topological polar surface area (TPSA) is 55.0 Å². The van der Waals surface area contributed by atoms with Gasteiger partial charge in [0.1, 0.15) is 0 Å². The van der Waals surface area contributed by atoms with E-state index in [-0.39, 0.29) is 0 Å². The summed E-state index contributed by atoms with van der Waals surface area (Å²) in [6.45, 7) is 4.06. The van der Waals surface area contributed by atoms with Gasteiger partial charge in [0.05, 0.1) is 11.7 Å². The molecule has 4 nitrogen and oxygen atoms in total. The molecule has 2 heterocycles. The van der Waals surface area contributed by atoms with Gasteiger partial charge in [-0.05, 0) is 26.3 Å². The summed E-state index contributed by atoms with van der Waals surface area (Å²) in [6, 6.07) is 0.827. The Balaban J connectivity index is 2.10. The Morgan fingerprint density at radius 1 is 1.50 bits per heavy atom. The quantitative estimate of drug-likeness (QED) is 0.835. The Morgan fingerprint density at radius 2 is 2.38 bits per heavy atom. The predicted octanol–water partition coefficient (Wildman–Crippen LogP) is 1.35. The van der Waals surface area contributed by atoms with Gasteiger partial charge in [0, 0.05) is 31.2 Å². The van der Waals surface area contributed by atoms with Crippen LogP contribution in [0.4, 0.5) is 0 Å². The molecule has 1 saturated heterocycles. The molecule has 1 aliphatic rings. The van der Waals surface area contributed by atoms with Crippen molar-refractivity contribution in [3.05, 3.63) is 24.3 Å². The Labute approximate surface area is 96.9 Å². The highest BCUT2D eigenvalue weighted by atomic mass is 15.2. The van der Waals surface area contributed by atoms with Crippen LogP contribution >= 0.6 is 0 Å². The van der Waals surface area contributed by atoms with Crippen LogP contribution < -0.4 is 5.73 Å². The molecule has 0 radical (unpaired) electrons. The highest BCUT2D eigenvalue weighted by Crippen LogP contribution is 2.26. The summed E-state index contributed by atoms with van der Waals surface area (Å²) in [5, 5.41) is 0. The molecule has 1 aromatic rings. The van der Waals surface area contributed by atoms with Gasteiger partial charge in [-0.3, -0.25) is 14.9 Å². The van der Waals surface area contributed by atoms with Gasteiger partial charge < -0.3 is 5.73 Å². The minimum atomic E-state index is 0.322. The molecule has 1 aromatic heterocycles. The number of piperidine rings is 1. The van der Waals surface area contributed by atoms with E-state index in [4.69, 9.17) is 5.73 Å². The van der Waals surface area contributed by atoms with Crippen LogP contribution in [0.2, 0.25) is 0 Å². The van der Waals surface area contributed by atoms with E-state index >= 15 is 0 Å². The van der Waals surface area contributed by atoms with Crippen LogP contribution in [0.25, 0.3) is 0 Å². The van der Waals surface area contributed by atoms with E-state index < -0.39 is 0 Å². The van der Waals surface area contributed by atoms with E-state index in [1.54, 1.807) is 12.4 Å². The molecule has 0 amide bonds. The molecule has 2 atom stereocenters. The van der Waals surface area contributed by atoms with E-state index in [0.29, 0.717) is 12.1 Å². The van der Waals surface area contributed by atoms with Crippen LogP contribution in [-0.2, 0) is 0 Å². The summed E-state index contributed by atoms with van der Waals surface area (Å²) < 4.78 is 0. The Hall–Kier alpha value is -1.00. The fourth-order valence-electron chi connectivity index (χ4n) is 2.48. The number of nitrogens with two attached hydrogens (primary N) is 1. The van der Waals surface area contributed by atoms with Crippen molar-refractivity contribution in [3.8, 4) is 0 Å². The minimum Gasteiger partial charge on any atom is -0.329 e. The van der Waals surface area contributed by atoms with Gasteiger partial charge >= 0.3 is 0 Å². The van der Waals surface area contributed by atoms with Gasteiger partial charge in [-0.15, -0.1) is 0 Å². The molecule has 0 aromatic carbocycles. The van der Waals surface area contributed by atoms with Crippen molar-refractivity contribution in [2.75, 3.05) is 13.1 Å². The number of likely N-dealkylation sites (tertiary alicyclic amines) is 1. The first kappa shape index (κ1) is 11.5. The number of rotatable bonds is 3. The van der Waals surface area contributed by atoms with Gasteiger partial charge in [-0.25, -0.2) is 0 Å². The molecule has 4 heteroatoms. The summed E-state index contributed by atoms with van der Waals surface area (Å²) in [6.07, 6.45) is 9.10. The van der Waals surface area contributed by atoms with E-state index in [0.717, 1.165) is 18.8 Å². The zero-order valence-corrected chi connectivity index (χ0v) is 9.84. The van der Waals surface area contributed by atoms with Gasteiger partial charge in [0.2, 0.25) is 0 Å². The Kier molecular flexibility index (Phi) is 3.85. The summed E-state index contributed by atoms with van der Waals surface area (Å²) in [4.78, 5) is 11.0. The number of hydrogen-bond acceptors (Lipinski definition) is 4. The molecule has 2 rings (SSSR count). The first-order valence-corrected chi connectivity index (χ1v) is 6.04. The smallest absolute Gasteiger partial charge is 0.0755 e. The molecular weight excluding hydrogens is 200 g/mol. The summed E-state index contributed by atoms with van der Waals surface area (Å²) in [5.41, 5.74) is 6.88. The Bertz CT molecular complexity index is 314. The van der Waals surface area contributed by atoms with Crippen molar-refractivity contribution in [2.45, 2.75) is 38.3 Å². The third kappa shape index (κ3) is 2.39. The second kappa shape index (κ2) is 5.37. The third-order valence-corrected chi connectivity index (χ3v) is 3.45. The lowest BCUT2D eigenvalue weighted by atomic mass is 9.99. The molecule has 2 N–H and O–H groups in total. The van der Waals surface area contributed by atoms with Crippen molar-refractivity contribution >= 4 is 0 Å². The van der Waals surface area contributed by atoms with Crippen molar-refractivity contribution in [1.82, 2.24) is 14.9 Å². The van der Waals surface area contributed by atoms with Crippen LogP contribution in [0.15, 0.2) is 18.6 Å². The maximum absolute atomic E-state index is 5.83. The molecule has 16 heavy (non-hydrogen) atoms. The fraction of sp³-hybridized carbons (Fsp3) is 0.667. The maximum atomic E-state index is 5.83. The highest BCUT2D eigenvalue weighted by molar-refractivity contribution is 5.02. The molecule has 0 spiro atoms. The van der Waals surface area contributed by atoms with Crippen LogP contribution in [0, 0.1) is 0 Å². The molecule has 1 aliphatic heterocycles. The molecule has 0 saturated carbocycles. The van der Waals surface area contributed by atoms with Crippen molar-refractivity contribution in [1.29, 1.82) is 0 Å². The van der Waals surface area contributed by atoms with Crippen LogP contribution in [0.5, 0.6) is 0 Å². The second-order valence-electron chi connectivity index (χ2n) is 4.43. The molecular formula is C12H20N4. The molecule has 0 bridgehead atoms. The number of nitrogens with zero attached hydrogens (tertiary/aromatic N) is 3. The first-order valence-electron chi connectivity index (χ1n) is 6.04. The zero-order valence-electron chi connectivity index (χ0n) is 9.84. The van der Waals surface area contributed by atoms with Gasteiger partial charge in [-0.2, -0.15) is 0 Å². The predicted molar refractivity (Wildman–Crippen MR) is 63.8 cm³/mol. The zero-order chi connectivity index (χ0) is 11.4. The first-order chi connectivity index (χ1) is 7.83. The van der Waals surface area contributed by atoms with E-state index in [2.05, 4.69) is 21.8 Å². The lowest BCUT2D eigenvalue weighted by Gasteiger charge is -2.38. The SMILES string of the molecule is CC(c1cnccn1)N1CCCCC1CN. The minimum absolute atomic E-state index is 0.322. The van der Waals surface area contributed by atoms with Crippen molar-refractivity contribution < 1.29 is 0 Å². The number of hydrogen-bond donors (Lipinski definition) is 1. The lowest BCUT2D eigenvalue weighted by molar-refractivity contribution is 0.105. The largest absolute Gasteiger partial charge is 0.329 e. The maximum Gasteiger partial charge on any atom is 0.0755 e. The average molecular weight is 220 g/mol. The standard InChI is InChI=1S/C12H20N4/c1-10(12-9-14-5-6-15-12)16-7-3-2-4-11(16)8-13/h5-6,9-11H,2-4,7-8,13H2,1H3. The molecule has 0 aliphatic carbocycles. The molecule has 2 unspecified atom stereocenters. The lowest BCUT2D eigenvalue weighted by Crippen LogP contribution is -2.45. The molecule has 1 fully saturated rings. The van der Waals surface area contributed by atoms with Crippen LogP contribution in [-0.4, -0.2) is 34.0 Å². The summed E-state index contributed by atoms with van der Waals surface area (Å²) >= 11 is 0. The monoisotopic (exact) mass is 220 g/mol. The normalized spacial score (nSPS) is 24.2. The third-order valence-electron chi connectivity index (χ3n) is 3.45.